The average molecular weight is 318 g/mol. The van der Waals surface area contributed by atoms with Gasteiger partial charge in [0.2, 0.25) is 5.89 Å². The first-order valence-electron chi connectivity index (χ1n) is 8.22. The van der Waals surface area contributed by atoms with E-state index in [0.717, 1.165) is 37.1 Å². The van der Waals surface area contributed by atoms with Crippen LogP contribution in [0.5, 0.6) is 0 Å². The maximum atomic E-state index is 5.87. The van der Waals surface area contributed by atoms with Crippen molar-refractivity contribution >= 4 is 0 Å². The highest BCUT2D eigenvalue weighted by atomic mass is 16.5. The van der Waals surface area contributed by atoms with E-state index in [0.29, 0.717) is 25.0 Å². The Morgan fingerprint density at radius 2 is 2.09 bits per heavy atom. The van der Waals surface area contributed by atoms with Gasteiger partial charge in [-0.2, -0.15) is 10.1 Å². The van der Waals surface area contributed by atoms with Crippen LogP contribution in [0.15, 0.2) is 4.52 Å². The summed E-state index contributed by atoms with van der Waals surface area (Å²) in [5.74, 6) is 3.84. The number of aryl methyl sites for hydroxylation is 2. The van der Waals surface area contributed by atoms with Gasteiger partial charge in [0.25, 0.3) is 0 Å². The third kappa shape index (κ3) is 3.42. The van der Waals surface area contributed by atoms with Crippen molar-refractivity contribution in [2.45, 2.75) is 51.8 Å². The topological polar surface area (TPSA) is 82.1 Å². The van der Waals surface area contributed by atoms with Crippen LogP contribution in [0.4, 0.5) is 0 Å². The van der Waals surface area contributed by atoms with Gasteiger partial charge in [0.1, 0.15) is 11.6 Å². The second-order valence-electron chi connectivity index (χ2n) is 6.44. The zero-order chi connectivity index (χ0) is 15.8. The first-order valence-corrected chi connectivity index (χ1v) is 8.22. The molecule has 0 bridgehead atoms. The highest BCUT2D eigenvalue weighted by Crippen LogP contribution is 2.38. The number of nitrogens with zero attached hydrogens (tertiary/aromatic N) is 6. The first kappa shape index (κ1) is 14.8. The van der Waals surface area contributed by atoms with Crippen LogP contribution in [0.3, 0.4) is 0 Å². The van der Waals surface area contributed by atoms with Gasteiger partial charge in [-0.3, -0.25) is 4.90 Å². The van der Waals surface area contributed by atoms with Gasteiger partial charge < -0.3 is 9.26 Å². The van der Waals surface area contributed by atoms with Gasteiger partial charge in [0, 0.05) is 19.0 Å². The van der Waals surface area contributed by atoms with Crippen molar-refractivity contribution in [1.82, 2.24) is 29.8 Å². The largest absolute Gasteiger partial charge is 0.374 e. The van der Waals surface area contributed by atoms with Crippen LogP contribution in [0.25, 0.3) is 0 Å². The molecule has 0 amide bonds. The molecule has 1 aliphatic heterocycles. The summed E-state index contributed by atoms with van der Waals surface area (Å²) in [6, 6.07) is 0. The Labute approximate surface area is 134 Å². The molecule has 3 heterocycles. The molecule has 1 saturated heterocycles. The van der Waals surface area contributed by atoms with Crippen LogP contribution in [0.2, 0.25) is 0 Å². The molecule has 2 aliphatic rings. The summed E-state index contributed by atoms with van der Waals surface area (Å²) >= 11 is 0. The predicted molar refractivity (Wildman–Crippen MR) is 80.8 cm³/mol. The zero-order valence-electron chi connectivity index (χ0n) is 13.6. The van der Waals surface area contributed by atoms with Crippen molar-refractivity contribution in [3.63, 3.8) is 0 Å². The fourth-order valence-electron chi connectivity index (χ4n) is 2.99. The average Bonchev–Trinajstić information content (AvgIpc) is 3.19. The van der Waals surface area contributed by atoms with Crippen LogP contribution in [-0.4, -0.2) is 55.6 Å². The summed E-state index contributed by atoms with van der Waals surface area (Å²) in [6.45, 7) is 7.71. The molecule has 1 atom stereocenters. The lowest BCUT2D eigenvalue weighted by atomic mass is 10.2. The van der Waals surface area contributed by atoms with Crippen LogP contribution < -0.4 is 0 Å². The Kier molecular flexibility index (Phi) is 3.86. The van der Waals surface area contributed by atoms with Gasteiger partial charge >= 0.3 is 0 Å². The summed E-state index contributed by atoms with van der Waals surface area (Å²) in [7, 11) is 0. The lowest BCUT2D eigenvalue weighted by Gasteiger charge is -2.31. The quantitative estimate of drug-likeness (QED) is 0.815. The Hall–Kier alpha value is -1.80. The van der Waals surface area contributed by atoms with Gasteiger partial charge in [-0.25, -0.2) is 9.67 Å². The van der Waals surface area contributed by atoms with E-state index in [1.807, 2.05) is 18.5 Å². The molecule has 1 saturated carbocycles. The molecule has 0 aromatic carbocycles. The molecule has 0 unspecified atom stereocenters. The van der Waals surface area contributed by atoms with Crippen molar-refractivity contribution in [2.24, 2.45) is 0 Å². The van der Waals surface area contributed by atoms with Crippen LogP contribution in [-0.2, 0) is 17.8 Å². The monoisotopic (exact) mass is 318 g/mol. The number of rotatable bonds is 5. The minimum absolute atomic E-state index is 0.106. The molecule has 2 aromatic rings. The lowest BCUT2D eigenvalue weighted by molar-refractivity contribution is -0.0429. The van der Waals surface area contributed by atoms with E-state index in [1.54, 1.807) is 0 Å². The predicted octanol–water partition coefficient (Wildman–Crippen LogP) is 1.06. The molecule has 0 N–H and O–H groups in total. The second kappa shape index (κ2) is 6.01. The Balaban J connectivity index is 1.35. The SMILES string of the molecule is Cc1nc(C)n(C[C@@H]2CN(Cc3nc(C4CC4)no3)CCO2)n1. The maximum absolute atomic E-state index is 5.87. The fraction of sp³-hybridized carbons (Fsp3) is 0.733. The molecular weight excluding hydrogens is 296 g/mol. The number of hydrogen-bond acceptors (Lipinski definition) is 7. The number of aromatic nitrogens is 5. The molecule has 2 aromatic heterocycles. The van der Waals surface area contributed by atoms with E-state index < -0.39 is 0 Å². The van der Waals surface area contributed by atoms with E-state index in [4.69, 9.17) is 9.26 Å². The van der Waals surface area contributed by atoms with E-state index in [2.05, 4.69) is 25.1 Å². The third-order valence-corrected chi connectivity index (χ3v) is 4.35. The van der Waals surface area contributed by atoms with Crippen LogP contribution in [0.1, 0.15) is 42.1 Å². The molecule has 0 spiro atoms. The van der Waals surface area contributed by atoms with Crippen molar-refractivity contribution in [1.29, 1.82) is 0 Å². The van der Waals surface area contributed by atoms with E-state index in [9.17, 15) is 0 Å². The van der Waals surface area contributed by atoms with Gasteiger partial charge in [-0.1, -0.05) is 5.16 Å². The first-order chi connectivity index (χ1) is 11.2. The van der Waals surface area contributed by atoms with Crippen LogP contribution >= 0.6 is 0 Å². The molecular formula is C15H22N6O2. The number of hydrogen-bond donors (Lipinski definition) is 0. The zero-order valence-corrected chi connectivity index (χ0v) is 13.6. The molecule has 8 heteroatoms. The second-order valence-corrected chi connectivity index (χ2v) is 6.44. The number of ether oxygens (including phenoxy) is 1. The highest BCUT2D eigenvalue weighted by molar-refractivity contribution is 5.03. The van der Waals surface area contributed by atoms with Crippen molar-refractivity contribution in [3.05, 3.63) is 23.4 Å². The normalized spacial score (nSPS) is 22.6. The highest BCUT2D eigenvalue weighted by Gasteiger charge is 2.29. The molecule has 124 valence electrons. The summed E-state index contributed by atoms with van der Waals surface area (Å²) in [6.07, 6.45) is 2.49. The standard InChI is InChI=1S/C15H22N6O2/c1-10-16-11(2)21(18-10)8-13-7-20(5-6-22-13)9-14-17-15(19-23-14)12-3-4-12/h12-13H,3-9H2,1-2H3/t13-/m0/s1. The molecule has 0 radical (unpaired) electrons. The molecule has 4 rings (SSSR count). The Morgan fingerprint density at radius 1 is 1.22 bits per heavy atom. The molecule has 8 nitrogen and oxygen atoms in total. The van der Waals surface area contributed by atoms with Gasteiger partial charge in [-0.05, 0) is 26.7 Å². The van der Waals surface area contributed by atoms with E-state index >= 15 is 0 Å². The van der Waals surface area contributed by atoms with Crippen molar-refractivity contribution in [3.8, 4) is 0 Å². The Bertz CT molecular complexity index is 677. The molecule has 23 heavy (non-hydrogen) atoms. The van der Waals surface area contributed by atoms with Crippen molar-refractivity contribution in [2.75, 3.05) is 19.7 Å². The van der Waals surface area contributed by atoms with Crippen LogP contribution in [0, 0.1) is 13.8 Å². The molecule has 2 fully saturated rings. The number of morpholine rings is 1. The minimum atomic E-state index is 0.106. The van der Waals surface area contributed by atoms with E-state index in [1.165, 1.54) is 12.8 Å². The summed E-state index contributed by atoms with van der Waals surface area (Å²) in [5, 5.41) is 8.49. The lowest BCUT2D eigenvalue weighted by Crippen LogP contribution is -2.44. The van der Waals surface area contributed by atoms with Gasteiger partial charge in [0.15, 0.2) is 5.82 Å². The fourth-order valence-corrected chi connectivity index (χ4v) is 2.99. The van der Waals surface area contributed by atoms with Gasteiger partial charge in [0.05, 0.1) is 25.8 Å². The smallest absolute Gasteiger partial charge is 0.240 e. The van der Waals surface area contributed by atoms with Crippen molar-refractivity contribution < 1.29 is 9.26 Å². The summed E-state index contributed by atoms with van der Waals surface area (Å²) in [5.41, 5.74) is 0. The molecule has 1 aliphatic carbocycles. The summed E-state index contributed by atoms with van der Waals surface area (Å²) < 4.78 is 13.2. The van der Waals surface area contributed by atoms with E-state index in [-0.39, 0.29) is 6.10 Å². The maximum Gasteiger partial charge on any atom is 0.240 e. The Morgan fingerprint density at radius 3 is 2.83 bits per heavy atom. The summed E-state index contributed by atoms with van der Waals surface area (Å²) in [4.78, 5) is 11.1. The third-order valence-electron chi connectivity index (χ3n) is 4.35. The minimum Gasteiger partial charge on any atom is -0.374 e. The van der Waals surface area contributed by atoms with Gasteiger partial charge in [-0.15, -0.1) is 0 Å².